The average Bonchev–Trinajstić information content (AvgIpc) is 2.32. The van der Waals surface area contributed by atoms with Gasteiger partial charge >= 0.3 is 0 Å². The third kappa shape index (κ3) is 2.77. The molecule has 1 atom stereocenters. The fourth-order valence-corrected chi connectivity index (χ4v) is 3.07. The lowest BCUT2D eigenvalue weighted by Crippen LogP contribution is -2.47. The van der Waals surface area contributed by atoms with Crippen LogP contribution in [0.25, 0.3) is 0 Å². The van der Waals surface area contributed by atoms with E-state index >= 15 is 0 Å². The number of nitrogens with one attached hydrogen (secondary N) is 2. The zero-order chi connectivity index (χ0) is 13.2. The van der Waals surface area contributed by atoms with Crippen LogP contribution in [-0.4, -0.2) is 31.9 Å². The van der Waals surface area contributed by atoms with Crippen molar-refractivity contribution in [3.05, 3.63) is 18.3 Å². The highest BCUT2D eigenvalue weighted by Gasteiger charge is 2.26. The van der Waals surface area contributed by atoms with Gasteiger partial charge in [-0.1, -0.05) is 0 Å². The number of hydrogen-bond donors (Lipinski definition) is 3. The molecule has 0 bridgehead atoms. The van der Waals surface area contributed by atoms with Gasteiger partial charge in [0.25, 0.3) is 10.0 Å². The zero-order valence-electron chi connectivity index (χ0n) is 9.59. The van der Waals surface area contributed by atoms with Crippen molar-refractivity contribution in [2.75, 3.05) is 12.3 Å². The fourth-order valence-electron chi connectivity index (χ4n) is 1.74. The van der Waals surface area contributed by atoms with E-state index in [-0.39, 0.29) is 29.2 Å². The quantitative estimate of drug-likeness (QED) is 0.666. The molecule has 98 valence electrons. The lowest BCUT2D eigenvalue weighted by Gasteiger charge is -2.23. The highest BCUT2D eigenvalue weighted by molar-refractivity contribution is 7.89. The SMILES string of the molecule is Nc1cccnc1S(=O)(=O)NC1CCC(=O)NC1. The molecule has 1 unspecified atom stereocenters. The van der Waals surface area contributed by atoms with Crippen LogP contribution in [0.4, 0.5) is 5.69 Å². The average molecular weight is 270 g/mol. The van der Waals surface area contributed by atoms with Gasteiger partial charge in [0.15, 0.2) is 5.03 Å². The van der Waals surface area contributed by atoms with Gasteiger partial charge in [-0.3, -0.25) is 4.79 Å². The maximum atomic E-state index is 12.0. The van der Waals surface area contributed by atoms with Gasteiger partial charge in [0, 0.05) is 25.2 Å². The van der Waals surface area contributed by atoms with Crippen molar-refractivity contribution < 1.29 is 13.2 Å². The molecule has 1 fully saturated rings. The maximum Gasteiger partial charge on any atom is 0.260 e. The molecule has 1 aromatic heterocycles. The van der Waals surface area contributed by atoms with Crippen LogP contribution in [0.2, 0.25) is 0 Å². The number of nitrogens with zero attached hydrogens (tertiary/aromatic N) is 1. The van der Waals surface area contributed by atoms with Gasteiger partial charge in [0.2, 0.25) is 5.91 Å². The lowest BCUT2D eigenvalue weighted by atomic mass is 10.1. The number of nitrogen functional groups attached to an aromatic ring is 1. The molecule has 2 rings (SSSR count). The number of aromatic nitrogens is 1. The molecule has 1 saturated heterocycles. The topological polar surface area (TPSA) is 114 Å². The van der Waals surface area contributed by atoms with Gasteiger partial charge in [0.1, 0.15) is 0 Å². The third-order valence-corrected chi connectivity index (χ3v) is 4.14. The van der Waals surface area contributed by atoms with Crippen LogP contribution in [0.1, 0.15) is 12.8 Å². The summed E-state index contributed by atoms with van der Waals surface area (Å²) >= 11 is 0. The molecule has 7 nitrogen and oxygen atoms in total. The minimum atomic E-state index is -3.75. The molecule has 1 amide bonds. The largest absolute Gasteiger partial charge is 0.396 e. The monoisotopic (exact) mass is 270 g/mol. The molecule has 4 N–H and O–H groups in total. The number of carbonyl (C=O) groups is 1. The summed E-state index contributed by atoms with van der Waals surface area (Å²) in [6, 6.07) is 2.72. The Morgan fingerprint density at radius 2 is 2.28 bits per heavy atom. The Labute approximate surface area is 105 Å². The summed E-state index contributed by atoms with van der Waals surface area (Å²) in [5.74, 6) is -0.0669. The number of pyridine rings is 1. The smallest absolute Gasteiger partial charge is 0.260 e. The van der Waals surface area contributed by atoms with Crippen LogP contribution >= 0.6 is 0 Å². The van der Waals surface area contributed by atoms with Crippen LogP contribution in [-0.2, 0) is 14.8 Å². The van der Waals surface area contributed by atoms with E-state index in [1.54, 1.807) is 6.07 Å². The molecule has 0 aromatic carbocycles. The number of carbonyl (C=O) groups excluding carboxylic acids is 1. The van der Waals surface area contributed by atoms with Crippen molar-refractivity contribution in [2.45, 2.75) is 23.9 Å². The van der Waals surface area contributed by atoms with Crippen LogP contribution in [0.5, 0.6) is 0 Å². The van der Waals surface area contributed by atoms with Gasteiger partial charge in [-0.25, -0.2) is 18.1 Å². The number of piperidine rings is 1. The molecule has 18 heavy (non-hydrogen) atoms. The Kier molecular flexibility index (Phi) is 3.48. The first-order valence-electron chi connectivity index (χ1n) is 5.48. The Morgan fingerprint density at radius 1 is 1.50 bits per heavy atom. The minimum absolute atomic E-state index is 0.0669. The minimum Gasteiger partial charge on any atom is -0.396 e. The summed E-state index contributed by atoms with van der Waals surface area (Å²) in [6.07, 6.45) is 2.15. The van der Waals surface area contributed by atoms with Gasteiger partial charge < -0.3 is 11.1 Å². The summed E-state index contributed by atoms with van der Waals surface area (Å²) in [4.78, 5) is 14.7. The van der Waals surface area contributed by atoms with E-state index in [1.165, 1.54) is 12.3 Å². The Morgan fingerprint density at radius 3 is 2.89 bits per heavy atom. The van der Waals surface area contributed by atoms with Gasteiger partial charge in [-0.2, -0.15) is 0 Å². The predicted molar refractivity (Wildman–Crippen MR) is 65.0 cm³/mol. The lowest BCUT2D eigenvalue weighted by molar-refractivity contribution is -0.122. The summed E-state index contributed by atoms with van der Waals surface area (Å²) in [7, 11) is -3.75. The van der Waals surface area contributed by atoms with Gasteiger partial charge in [-0.05, 0) is 18.6 Å². The standard InChI is InChI=1S/C10H14N4O3S/c11-8-2-1-5-12-10(8)18(16,17)14-7-3-4-9(15)13-6-7/h1-2,5,7,14H,3-4,6,11H2,(H,13,15). The summed E-state index contributed by atoms with van der Waals surface area (Å²) in [5, 5.41) is 2.42. The summed E-state index contributed by atoms with van der Waals surface area (Å²) in [5.41, 5.74) is 5.68. The highest BCUT2D eigenvalue weighted by atomic mass is 32.2. The first-order chi connectivity index (χ1) is 8.49. The van der Waals surface area contributed by atoms with Crippen LogP contribution in [0.15, 0.2) is 23.4 Å². The van der Waals surface area contributed by atoms with Gasteiger partial charge in [-0.15, -0.1) is 0 Å². The molecular formula is C10H14N4O3S. The van der Waals surface area contributed by atoms with Crippen molar-refractivity contribution in [3.63, 3.8) is 0 Å². The summed E-state index contributed by atoms with van der Waals surface area (Å²) in [6.45, 7) is 0.283. The van der Waals surface area contributed by atoms with Crippen molar-refractivity contribution in [1.29, 1.82) is 0 Å². The van der Waals surface area contributed by atoms with E-state index in [9.17, 15) is 13.2 Å². The first kappa shape index (κ1) is 12.8. The molecular weight excluding hydrogens is 256 g/mol. The molecule has 2 heterocycles. The number of hydrogen-bond acceptors (Lipinski definition) is 5. The molecule has 1 aliphatic rings. The first-order valence-corrected chi connectivity index (χ1v) is 6.97. The second-order valence-corrected chi connectivity index (χ2v) is 5.69. The molecule has 1 aromatic rings. The fraction of sp³-hybridized carbons (Fsp3) is 0.400. The number of nitrogens with two attached hydrogens (primary N) is 1. The van der Waals surface area contributed by atoms with E-state index in [1.807, 2.05) is 0 Å². The highest BCUT2D eigenvalue weighted by Crippen LogP contribution is 2.15. The van der Waals surface area contributed by atoms with Crippen molar-refractivity contribution in [1.82, 2.24) is 15.0 Å². The molecule has 0 radical (unpaired) electrons. The van der Waals surface area contributed by atoms with Crippen LogP contribution in [0, 0.1) is 0 Å². The summed E-state index contributed by atoms with van der Waals surface area (Å²) < 4.78 is 26.6. The number of amides is 1. The number of sulfonamides is 1. The van der Waals surface area contributed by atoms with Crippen molar-refractivity contribution >= 4 is 21.6 Å². The predicted octanol–water partition coefficient (Wildman–Crippen LogP) is -0.779. The van der Waals surface area contributed by atoms with E-state index in [0.29, 0.717) is 12.8 Å². The Hall–Kier alpha value is -1.67. The molecule has 1 aliphatic heterocycles. The second-order valence-electron chi connectivity index (χ2n) is 4.06. The van der Waals surface area contributed by atoms with Crippen LogP contribution in [0.3, 0.4) is 0 Å². The normalized spacial score (nSPS) is 20.4. The molecule has 0 spiro atoms. The molecule has 8 heteroatoms. The van der Waals surface area contributed by atoms with E-state index in [4.69, 9.17) is 5.73 Å². The molecule has 0 aliphatic carbocycles. The van der Waals surface area contributed by atoms with E-state index in [2.05, 4.69) is 15.0 Å². The second kappa shape index (κ2) is 4.91. The number of rotatable bonds is 3. The Bertz CT molecular complexity index is 548. The van der Waals surface area contributed by atoms with Crippen molar-refractivity contribution in [2.24, 2.45) is 0 Å². The molecule has 0 saturated carbocycles. The van der Waals surface area contributed by atoms with E-state index < -0.39 is 10.0 Å². The van der Waals surface area contributed by atoms with E-state index in [0.717, 1.165) is 0 Å². The third-order valence-electron chi connectivity index (χ3n) is 2.64. The van der Waals surface area contributed by atoms with Crippen LogP contribution < -0.4 is 15.8 Å². The Balaban J connectivity index is 2.13. The number of anilines is 1. The van der Waals surface area contributed by atoms with Crippen molar-refractivity contribution in [3.8, 4) is 0 Å². The zero-order valence-corrected chi connectivity index (χ0v) is 10.4. The van der Waals surface area contributed by atoms with Gasteiger partial charge in [0.05, 0.1) is 5.69 Å². The maximum absolute atomic E-state index is 12.0.